The first kappa shape index (κ1) is 15.9. The van der Waals surface area contributed by atoms with E-state index < -0.39 is 0 Å². The molecule has 1 aromatic rings. The zero-order chi connectivity index (χ0) is 14.1. The first-order chi connectivity index (χ1) is 9.19. The van der Waals surface area contributed by atoms with Gasteiger partial charge in [0.05, 0.1) is 6.61 Å². The molecule has 0 unspecified atom stereocenters. The fraction of sp³-hybridized carbons (Fsp3) is 0.533. The molecule has 19 heavy (non-hydrogen) atoms. The zero-order valence-corrected chi connectivity index (χ0v) is 12.8. The van der Waals surface area contributed by atoms with E-state index in [4.69, 9.17) is 4.74 Å². The first-order valence-corrected chi connectivity index (χ1v) is 8.06. The summed E-state index contributed by atoms with van der Waals surface area (Å²) >= 11 is 1.74. The predicted octanol–water partition coefficient (Wildman–Crippen LogP) is 3.48. The van der Waals surface area contributed by atoms with E-state index in [0.29, 0.717) is 6.61 Å². The minimum Gasteiger partial charge on any atom is -0.464 e. The summed E-state index contributed by atoms with van der Waals surface area (Å²) in [6.45, 7) is 4.52. The summed E-state index contributed by atoms with van der Waals surface area (Å²) in [5, 5.41) is 3.30. The second-order valence-corrected chi connectivity index (χ2v) is 5.45. The van der Waals surface area contributed by atoms with E-state index in [2.05, 4.69) is 5.32 Å². The number of benzene rings is 1. The fourth-order valence-corrected chi connectivity index (χ4v) is 2.18. The minimum absolute atomic E-state index is 0.154. The number of para-hydroxylation sites is 1. The maximum Gasteiger partial charge on any atom is 0.328 e. The van der Waals surface area contributed by atoms with E-state index in [1.54, 1.807) is 11.8 Å². The Labute approximate surface area is 120 Å². The molecule has 1 aromatic carbocycles. The van der Waals surface area contributed by atoms with Gasteiger partial charge in [-0.2, -0.15) is 11.8 Å². The molecule has 0 saturated carbocycles. The monoisotopic (exact) mass is 281 g/mol. The quantitative estimate of drug-likeness (QED) is 0.740. The van der Waals surface area contributed by atoms with Crippen molar-refractivity contribution in [2.75, 3.05) is 23.9 Å². The van der Waals surface area contributed by atoms with Crippen molar-refractivity contribution < 1.29 is 9.53 Å². The van der Waals surface area contributed by atoms with Crippen molar-refractivity contribution in [3.63, 3.8) is 0 Å². The molecule has 0 spiro atoms. The van der Waals surface area contributed by atoms with Crippen LogP contribution in [0.3, 0.4) is 0 Å². The summed E-state index contributed by atoms with van der Waals surface area (Å²) in [6, 6.07) is 7.73. The Balaban J connectivity index is 2.68. The van der Waals surface area contributed by atoms with Gasteiger partial charge in [-0.1, -0.05) is 25.1 Å². The van der Waals surface area contributed by atoms with Crippen molar-refractivity contribution in [3.05, 3.63) is 29.8 Å². The second-order valence-electron chi connectivity index (χ2n) is 4.46. The number of carbonyl (C=O) groups is 1. The normalized spacial score (nSPS) is 11.9. The highest BCUT2D eigenvalue weighted by Crippen LogP contribution is 2.17. The van der Waals surface area contributed by atoms with E-state index >= 15 is 0 Å². The molecule has 0 fully saturated rings. The van der Waals surface area contributed by atoms with Crippen LogP contribution < -0.4 is 5.32 Å². The van der Waals surface area contributed by atoms with Gasteiger partial charge in [0.25, 0.3) is 0 Å². The average Bonchev–Trinajstić information content (AvgIpc) is 2.42. The number of thioether (sulfide) groups is 1. The van der Waals surface area contributed by atoms with Crippen molar-refractivity contribution in [1.29, 1.82) is 0 Å². The van der Waals surface area contributed by atoms with E-state index in [9.17, 15) is 4.79 Å². The SMILES string of the molecule is CCCOC(=O)[C@H](CCSC)Nc1ccccc1C. The number of rotatable bonds is 8. The molecule has 0 radical (unpaired) electrons. The third-order valence-electron chi connectivity index (χ3n) is 2.82. The van der Waals surface area contributed by atoms with Gasteiger partial charge in [-0.3, -0.25) is 0 Å². The molecule has 1 N–H and O–H groups in total. The molecule has 0 heterocycles. The molecule has 0 aliphatic rings. The van der Waals surface area contributed by atoms with Crippen LogP contribution in [0.4, 0.5) is 5.69 Å². The van der Waals surface area contributed by atoms with E-state index in [1.807, 2.05) is 44.4 Å². The van der Waals surface area contributed by atoms with Crippen molar-refractivity contribution in [1.82, 2.24) is 0 Å². The van der Waals surface area contributed by atoms with Gasteiger partial charge in [0, 0.05) is 5.69 Å². The van der Waals surface area contributed by atoms with Gasteiger partial charge in [0.2, 0.25) is 0 Å². The lowest BCUT2D eigenvalue weighted by Crippen LogP contribution is -2.32. The first-order valence-electron chi connectivity index (χ1n) is 6.66. The van der Waals surface area contributed by atoms with Crippen LogP contribution in [0.25, 0.3) is 0 Å². The number of hydrogen-bond acceptors (Lipinski definition) is 4. The highest BCUT2D eigenvalue weighted by Gasteiger charge is 2.19. The van der Waals surface area contributed by atoms with Gasteiger partial charge < -0.3 is 10.1 Å². The van der Waals surface area contributed by atoms with Crippen molar-refractivity contribution >= 4 is 23.4 Å². The summed E-state index contributed by atoms with van der Waals surface area (Å²) in [4.78, 5) is 12.0. The lowest BCUT2D eigenvalue weighted by molar-refractivity contribution is -0.144. The van der Waals surface area contributed by atoms with E-state index in [0.717, 1.165) is 29.8 Å². The lowest BCUT2D eigenvalue weighted by Gasteiger charge is -2.19. The molecule has 0 saturated heterocycles. The molecular formula is C15H23NO2S. The predicted molar refractivity (Wildman–Crippen MR) is 82.8 cm³/mol. The largest absolute Gasteiger partial charge is 0.464 e. The minimum atomic E-state index is -0.264. The Morgan fingerprint density at radius 3 is 2.79 bits per heavy atom. The third kappa shape index (κ3) is 5.55. The van der Waals surface area contributed by atoms with Gasteiger partial charge in [-0.15, -0.1) is 0 Å². The standard InChI is InChI=1S/C15H23NO2S/c1-4-10-18-15(17)14(9-11-19-3)16-13-8-6-5-7-12(13)2/h5-8,14,16H,4,9-11H2,1-3H3/t14-/m0/s1. The maximum absolute atomic E-state index is 12.0. The molecule has 1 atom stereocenters. The molecule has 0 bridgehead atoms. The lowest BCUT2D eigenvalue weighted by atomic mass is 10.1. The highest BCUT2D eigenvalue weighted by molar-refractivity contribution is 7.98. The number of ether oxygens (including phenoxy) is 1. The molecule has 4 heteroatoms. The molecule has 0 aliphatic carbocycles. The van der Waals surface area contributed by atoms with Crippen molar-refractivity contribution in [2.24, 2.45) is 0 Å². The van der Waals surface area contributed by atoms with Crippen LogP contribution >= 0.6 is 11.8 Å². The van der Waals surface area contributed by atoms with E-state index in [-0.39, 0.29) is 12.0 Å². The number of anilines is 1. The zero-order valence-electron chi connectivity index (χ0n) is 11.9. The van der Waals surface area contributed by atoms with Crippen LogP contribution in [0.5, 0.6) is 0 Å². The van der Waals surface area contributed by atoms with Gasteiger partial charge in [0.15, 0.2) is 0 Å². The number of aryl methyl sites for hydroxylation is 1. The van der Waals surface area contributed by atoms with Crippen LogP contribution in [-0.4, -0.2) is 30.6 Å². The highest BCUT2D eigenvalue weighted by atomic mass is 32.2. The molecule has 0 aliphatic heterocycles. The average molecular weight is 281 g/mol. The Bertz CT molecular complexity index is 395. The van der Waals surface area contributed by atoms with Gasteiger partial charge in [-0.05, 0) is 43.4 Å². The molecule has 0 aromatic heterocycles. The van der Waals surface area contributed by atoms with Crippen LogP contribution in [0.1, 0.15) is 25.3 Å². The van der Waals surface area contributed by atoms with Crippen molar-refractivity contribution in [2.45, 2.75) is 32.7 Å². The van der Waals surface area contributed by atoms with Crippen LogP contribution in [-0.2, 0) is 9.53 Å². The summed E-state index contributed by atoms with van der Waals surface area (Å²) in [6.07, 6.45) is 3.67. The summed E-state index contributed by atoms with van der Waals surface area (Å²) in [5.74, 6) is 0.782. The van der Waals surface area contributed by atoms with Gasteiger partial charge in [-0.25, -0.2) is 4.79 Å². The Hall–Kier alpha value is -1.16. The topological polar surface area (TPSA) is 38.3 Å². The Morgan fingerprint density at radius 2 is 2.16 bits per heavy atom. The molecular weight excluding hydrogens is 258 g/mol. The Morgan fingerprint density at radius 1 is 1.42 bits per heavy atom. The summed E-state index contributed by atoms with van der Waals surface area (Å²) < 4.78 is 5.25. The summed E-state index contributed by atoms with van der Waals surface area (Å²) in [5.41, 5.74) is 2.14. The number of hydrogen-bond donors (Lipinski definition) is 1. The number of nitrogens with one attached hydrogen (secondary N) is 1. The van der Waals surface area contributed by atoms with Crippen LogP contribution in [0.2, 0.25) is 0 Å². The molecule has 0 amide bonds. The van der Waals surface area contributed by atoms with Gasteiger partial charge >= 0.3 is 5.97 Å². The van der Waals surface area contributed by atoms with Crippen LogP contribution in [0.15, 0.2) is 24.3 Å². The van der Waals surface area contributed by atoms with Crippen molar-refractivity contribution in [3.8, 4) is 0 Å². The smallest absolute Gasteiger partial charge is 0.328 e. The number of carbonyl (C=O) groups excluding carboxylic acids is 1. The van der Waals surface area contributed by atoms with Gasteiger partial charge in [0.1, 0.15) is 6.04 Å². The Kier molecular flexibility index (Phi) is 7.41. The third-order valence-corrected chi connectivity index (χ3v) is 3.46. The fourth-order valence-electron chi connectivity index (χ4n) is 1.71. The number of esters is 1. The maximum atomic E-state index is 12.0. The molecule has 1 rings (SSSR count). The summed E-state index contributed by atoms with van der Waals surface area (Å²) in [7, 11) is 0. The molecule has 106 valence electrons. The van der Waals surface area contributed by atoms with Crippen LogP contribution in [0, 0.1) is 6.92 Å². The second kappa shape index (κ2) is 8.86. The molecule has 3 nitrogen and oxygen atoms in total. The van der Waals surface area contributed by atoms with E-state index in [1.165, 1.54) is 0 Å².